The van der Waals surface area contributed by atoms with Gasteiger partial charge in [0, 0.05) is 6.04 Å². The first-order valence-corrected chi connectivity index (χ1v) is 7.90. The summed E-state index contributed by atoms with van der Waals surface area (Å²) in [6.07, 6.45) is 4.45. The average molecular weight is 285 g/mol. The maximum atomic E-state index is 5.45. The lowest BCUT2D eigenvalue weighted by Gasteiger charge is -2.28. The van der Waals surface area contributed by atoms with E-state index >= 15 is 0 Å². The zero-order valence-corrected chi connectivity index (χ0v) is 12.8. The third-order valence-electron chi connectivity index (χ3n) is 4.55. The predicted molar refractivity (Wildman–Crippen MR) is 82.0 cm³/mol. The van der Waals surface area contributed by atoms with Crippen LogP contribution in [0, 0.1) is 0 Å². The summed E-state index contributed by atoms with van der Waals surface area (Å²) in [5, 5.41) is 7.70. The van der Waals surface area contributed by atoms with Crippen molar-refractivity contribution in [1.29, 1.82) is 0 Å². The van der Waals surface area contributed by atoms with Crippen LogP contribution in [-0.4, -0.2) is 16.2 Å². The van der Waals surface area contributed by atoms with Crippen LogP contribution in [0.2, 0.25) is 0 Å². The molecule has 4 nitrogen and oxygen atoms in total. The molecule has 1 aliphatic carbocycles. The standard InChI is InChI=1S/C17H23N3O/c1-3-17(4-2,13-8-6-5-7-9-13)16-19-15(21-20-16)12-18-14-10-11-14/h5-9,14,18H,3-4,10-12H2,1-2H3. The quantitative estimate of drug-likeness (QED) is 0.846. The number of hydrogen-bond donors (Lipinski definition) is 1. The average Bonchev–Trinajstić information content (AvgIpc) is 3.26. The van der Waals surface area contributed by atoms with Crippen LogP contribution in [0.25, 0.3) is 0 Å². The lowest BCUT2D eigenvalue weighted by atomic mass is 9.75. The number of hydrogen-bond acceptors (Lipinski definition) is 4. The smallest absolute Gasteiger partial charge is 0.240 e. The first kappa shape index (κ1) is 14.3. The zero-order chi connectivity index (χ0) is 14.7. The number of benzene rings is 1. The van der Waals surface area contributed by atoms with E-state index in [2.05, 4.69) is 53.6 Å². The molecule has 21 heavy (non-hydrogen) atoms. The van der Waals surface area contributed by atoms with Gasteiger partial charge in [-0.05, 0) is 31.2 Å². The summed E-state index contributed by atoms with van der Waals surface area (Å²) in [7, 11) is 0. The Morgan fingerprint density at radius 1 is 1.19 bits per heavy atom. The Kier molecular flexibility index (Phi) is 4.06. The van der Waals surface area contributed by atoms with Gasteiger partial charge in [0.25, 0.3) is 0 Å². The van der Waals surface area contributed by atoms with Crippen LogP contribution in [0.3, 0.4) is 0 Å². The molecule has 2 aromatic rings. The molecular formula is C17H23N3O. The van der Waals surface area contributed by atoms with Crippen molar-refractivity contribution in [2.45, 2.75) is 57.5 Å². The number of nitrogens with one attached hydrogen (secondary N) is 1. The van der Waals surface area contributed by atoms with Gasteiger partial charge in [-0.15, -0.1) is 0 Å². The van der Waals surface area contributed by atoms with Crippen molar-refractivity contribution in [3.8, 4) is 0 Å². The summed E-state index contributed by atoms with van der Waals surface area (Å²) in [5.74, 6) is 1.51. The fourth-order valence-electron chi connectivity index (χ4n) is 2.90. The summed E-state index contributed by atoms with van der Waals surface area (Å²) >= 11 is 0. The molecule has 1 heterocycles. The van der Waals surface area contributed by atoms with Gasteiger partial charge in [-0.1, -0.05) is 49.3 Å². The van der Waals surface area contributed by atoms with Crippen LogP contribution in [0.1, 0.15) is 56.8 Å². The van der Waals surface area contributed by atoms with Crippen LogP contribution in [0.4, 0.5) is 0 Å². The van der Waals surface area contributed by atoms with Crippen LogP contribution < -0.4 is 5.32 Å². The van der Waals surface area contributed by atoms with Crippen molar-refractivity contribution < 1.29 is 4.52 Å². The molecule has 0 amide bonds. The molecular weight excluding hydrogens is 262 g/mol. The summed E-state index contributed by atoms with van der Waals surface area (Å²) in [6.45, 7) is 5.06. The molecule has 0 bridgehead atoms. The Morgan fingerprint density at radius 2 is 1.90 bits per heavy atom. The minimum absolute atomic E-state index is 0.150. The molecule has 1 fully saturated rings. The van der Waals surface area contributed by atoms with Gasteiger partial charge in [-0.2, -0.15) is 4.98 Å². The van der Waals surface area contributed by atoms with Gasteiger partial charge in [-0.3, -0.25) is 0 Å². The number of aromatic nitrogens is 2. The van der Waals surface area contributed by atoms with E-state index in [1.165, 1.54) is 18.4 Å². The Bertz CT molecular complexity index is 571. The molecule has 1 aromatic heterocycles. The Hall–Kier alpha value is -1.68. The third kappa shape index (κ3) is 2.86. The van der Waals surface area contributed by atoms with E-state index < -0.39 is 0 Å². The maximum absolute atomic E-state index is 5.45. The second-order valence-electron chi connectivity index (χ2n) is 5.82. The van der Waals surface area contributed by atoms with Gasteiger partial charge in [0.05, 0.1) is 12.0 Å². The highest BCUT2D eigenvalue weighted by molar-refractivity contribution is 5.32. The maximum Gasteiger partial charge on any atom is 0.240 e. The first-order chi connectivity index (χ1) is 10.3. The normalized spacial score (nSPS) is 15.3. The first-order valence-electron chi connectivity index (χ1n) is 7.90. The van der Waals surface area contributed by atoms with Crippen LogP contribution in [-0.2, 0) is 12.0 Å². The zero-order valence-electron chi connectivity index (χ0n) is 12.8. The summed E-state index contributed by atoms with van der Waals surface area (Å²) in [6, 6.07) is 11.2. The van der Waals surface area contributed by atoms with Crippen molar-refractivity contribution in [2.75, 3.05) is 0 Å². The summed E-state index contributed by atoms with van der Waals surface area (Å²) < 4.78 is 5.45. The lowest BCUT2D eigenvalue weighted by molar-refractivity contribution is 0.346. The van der Waals surface area contributed by atoms with Gasteiger partial charge >= 0.3 is 0 Å². The van der Waals surface area contributed by atoms with Crippen LogP contribution in [0.5, 0.6) is 0 Å². The highest BCUT2D eigenvalue weighted by atomic mass is 16.5. The highest BCUT2D eigenvalue weighted by Gasteiger charge is 2.35. The molecule has 1 saturated carbocycles. The number of rotatable bonds is 7. The van der Waals surface area contributed by atoms with E-state index in [-0.39, 0.29) is 5.41 Å². The molecule has 0 radical (unpaired) electrons. The van der Waals surface area contributed by atoms with E-state index in [1.807, 2.05) is 6.07 Å². The molecule has 1 aromatic carbocycles. The van der Waals surface area contributed by atoms with E-state index in [4.69, 9.17) is 4.52 Å². The molecule has 3 rings (SSSR count). The third-order valence-corrected chi connectivity index (χ3v) is 4.55. The second-order valence-corrected chi connectivity index (χ2v) is 5.82. The fourth-order valence-corrected chi connectivity index (χ4v) is 2.90. The van der Waals surface area contributed by atoms with Crippen LogP contribution in [0.15, 0.2) is 34.9 Å². The van der Waals surface area contributed by atoms with Gasteiger partial charge in [-0.25, -0.2) is 0 Å². The minimum atomic E-state index is -0.150. The minimum Gasteiger partial charge on any atom is -0.338 e. The Balaban J connectivity index is 1.86. The molecule has 1 N–H and O–H groups in total. The monoisotopic (exact) mass is 285 g/mol. The Morgan fingerprint density at radius 3 is 2.52 bits per heavy atom. The van der Waals surface area contributed by atoms with Gasteiger partial charge < -0.3 is 9.84 Å². The van der Waals surface area contributed by atoms with E-state index in [0.717, 1.165) is 18.7 Å². The Labute approximate surface area is 126 Å². The summed E-state index contributed by atoms with van der Waals surface area (Å²) in [4.78, 5) is 4.66. The molecule has 0 atom stereocenters. The van der Waals surface area contributed by atoms with E-state index in [1.54, 1.807) is 0 Å². The predicted octanol–water partition coefficient (Wildman–Crippen LogP) is 3.43. The molecule has 0 saturated heterocycles. The van der Waals surface area contributed by atoms with Gasteiger partial charge in [0.15, 0.2) is 5.82 Å². The molecule has 0 unspecified atom stereocenters. The highest BCUT2D eigenvalue weighted by Crippen LogP contribution is 2.36. The van der Waals surface area contributed by atoms with Crippen molar-refractivity contribution in [3.63, 3.8) is 0 Å². The molecule has 1 aliphatic rings. The second kappa shape index (κ2) is 5.98. The molecule has 0 aliphatic heterocycles. The van der Waals surface area contributed by atoms with Gasteiger partial charge in [0.1, 0.15) is 0 Å². The molecule has 0 spiro atoms. The fraction of sp³-hybridized carbons (Fsp3) is 0.529. The number of nitrogens with zero attached hydrogens (tertiary/aromatic N) is 2. The van der Waals surface area contributed by atoms with Gasteiger partial charge in [0.2, 0.25) is 5.89 Å². The lowest BCUT2D eigenvalue weighted by Crippen LogP contribution is -2.27. The molecule has 4 heteroatoms. The van der Waals surface area contributed by atoms with Crippen molar-refractivity contribution in [1.82, 2.24) is 15.5 Å². The van der Waals surface area contributed by atoms with Crippen LogP contribution >= 0.6 is 0 Å². The SMILES string of the molecule is CCC(CC)(c1ccccc1)c1noc(CNC2CC2)n1. The van der Waals surface area contributed by atoms with Crippen molar-refractivity contribution >= 4 is 0 Å². The van der Waals surface area contributed by atoms with Crippen molar-refractivity contribution in [2.24, 2.45) is 0 Å². The van der Waals surface area contributed by atoms with E-state index in [0.29, 0.717) is 18.5 Å². The summed E-state index contributed by atoms with van der Waals surface area (Å²) in [5.41, 5.74) is 1.11. The van der Waals surface area contributed by atoms with Crippen molar-refractivity contribution in [3.05, 3.63) is 47.6 Å². The van der Waals surface area contributed by atoms with E-state index in [9.17, 15) is 0 Å². The largest absolute Gasteiger partial charge is 0.338 e. The topological polar surface area (TPSA) is 51.0 Å². The molecule has 112 valence electrons.